The molecule has 2 aromatic carbocycles. The van der Waals surface area contributed by atoms with E-state index in [1.165, 1.54) is 0 Å². The average molecular weight is 318 g/mol. The molecule has 24 heavy (non-hydrogen) atoms. The van der Waals surface area contributed by atoms with E-state index in [1.807, 2.05) is 61.5 Å². The topological polar surface area (TPSA) is 35.5 Å². The van der Waals surface area contributed by atoms with E-state index in [9.17, 15) is 4.79 Å². The van der Waals surface area contributed by atoms with Crippen molar-refractivity contribution in [3.63, 3.8) is 0 Å². The van der Waals surface area contributed by atoms with E-state index < -0.39 is 0 Å². The average Bonchev–Trinajstić information content (AvgIpc) is 2.83. The highest BCUT2D eigenvalue weighted by molar-refractivity contribution is 6.06. The van der Waals surface area contributed by atoms with Crippen molar-refractivity contribution in [2.24, 2.45) is 0 Å². The van der Waals surface area contributed by atoms with Crippen molar-refractivity contribution < 1.29 is 14.3 Å². The molecule has 0 aliphatic carbocycles. The molecule has 2 heterocycles. The summed E-state index contributed by atoms with van der Waals surface area (Å²) >= 11 is 0. The highest BCUT2D eigenvalue weighted by Gasteiger charge is 2.34. The summed E-state index contributed by atoms with van der Waals surface area (Å²) in [6.07, 6.45) is 3.56. The summed E-state index contributed by atoms with van der Waals surface area (Å²) in [6, 6.07) is 18.1. The Balaban J connectivity index is 1.87. The lowest BCUT2D eigenvalue weighted by molar-refractivity contribution is -0.138. The molecule has 120 valence electrons. The molecule has 0 spiro atoms. The molecule has 0 amide bonds. The fraction of sp³-hybridized carbons (Fsp3) is 0.190. The van der Waals surface area contributed by atoms with Crippen molar-refractivity contribution in [2.45, 2.75) is 19.1 Å². The summed E-state index contributed by atoms with van der Waals surface area (Å²) in [7, 11) is 0. The van der Waals surface area contributed by atoms with Crippen molar-refractivity contribution in [3.05, 3.63) is 89.0 Å². The predicted molar refractivity (Wildman–Crippen MR) is 92.1 cm³/mol. The molecule has 2 bridgehead atoms. The number of benzene rings is 2. The van der Waals surface area contributed by atoms with E-state index in [2.05, 4.69) is 12.1 Å². The van der Waals surface area contributed by atoms with Crippen LogP contribution in [0, 0.1) is 0 Å². The van der Waals surface area contributed by atoms with Gasteiger partial charge in [-0.1, -0.05) is 54.6 Å². The Kier molecular flexibility index (Phi) is 3.79. The minimum absolute atomic E-state index is 0.149. The van der Waals surface area contributed by atoms with Crippen LogP contribution >= 0.6 is 0 Å². The van der Waals surface area contributed by atoms with Gasteiger partial charge >= 0.3 is 5.97 Å². The zero-order valence-electron chi connectivity index (χ0n) is 13.4. The summed E-state index contributed by atoms with van der Waals surface area (Å²) < 4.78 is 11.4. The number of carbonyl (C=O) groups excluding carboxylic acids is 1. The minimum atomic E-state index is -0.304. The van der Waals surface area contributed by atoms with E-state index in [1.54, 1.807) is 0 Å². The quantitative estimate of drug-likeness (QED) is 0.788. The molecule has 0 aromatic heterocycles. The summed E-state index contributed by atoms with van der Waals surface area (Å²) in [4.78, 5) is 12.5. The Morgan fingerprint density at radius 2 is 1.58 bits per heavy atom. The van der Waals surface area contributed by atoms with Crippen LogP contribution in [-0.4, -0.2) is 12.6 Å². The Bertz CT molecular complexity index is 833. The molecule has 3 nitrogen and oxygen atoms in total. The van der Waals surface area contributed by atoms with Gasteiger partial charge in [-0.15, -0.1) is 0 Å². The molecule has 0 saturated carbocycles. The van der Waals surface area contributed by atoms with E-state index in [0.29, 0.717) is 12.2 Å². The number of fused-ring (bicyclic) bond motifs is 5. The van der Waals surface area contributed by atoms with Crippen molar-refractivity contribution in [1.29, 1.82) is 0 Å². The van der Waals surface area contributed by atoms with Crippen LogP contribution in [0.4, 0.5) is 0 Å². The van der Waals surface area contributed by atoms with E-state index in [0.717, 1.165) is 22.3 Å². The highest BCUT2D eigenvalue weighted by atomic mass is 16.5. The molecule has 2 aliphatic heterocycles. The summed E-state index contributed by atoms with van der Waals surface area (Å²) in [5.74, 6) is -0.304. The largest absolute Gasteiger partial charge is 0.462 e. The first-order valence-electron chi connectivity index (χ1n) is 8.18. The van der Waals surface area contributed by atoms with E-state index in [-0.39, 0.29) is 18.2 Å². The lowest BCUT2D eigenvalue weighted by Gasteiger charge is -2.14. The van der Waals surface area contributed by atoms with E-state index in [4.69, 9.17) is 9.47 Å². The van der Waals surface area contributed by atoms with Gasteiger partial charge in [0, 0.05) is 0 Å². The van der Waals surface area contributed by atoms with Crippen LogP contribution in [0.15, 0.2) is 72.3 Å². The molecule has 2 atom stereocenters. The van der Waals surface area contributed by atoms with Crippen molar-refractivity contribution in [2.75, 3.05) is 6.61 Å². The second kappa shape index (κ2) is 6.10. The number of ether oxygens (including phenoxy) is 2. The minimum Gasteiger partial charge on any atom is -0.462 e. The zero-order chi connectivity index (χ0) is 16.5. The Hall–Kier alpha value is -2.65. The van der Waals surface area contributed by atoms with Gasteiger partial charge in [-0.05, 0) is 41.3 Å². The monoisotopic (exact) mass is 318 g/mol. The first kappa shape index (κ1) is 14.9. The molecule has 4 rings (SSSR count). The molecule has 0 saturated heterocycles. The Morgan fingerprint density at radius 3 is 2.25 bits per heavy atom. The number of esters is 1. The maximum absolute atomic E-state index is 12.5. The van der Waals surface area contributed by atoms with Crippen LogP contribution in [0.1, 0.15) is 35.8 Å². The highest BCUT2D eigenvalue weighted by Crippen LogP contribution is 2.46. The molecular weight excluding hydrogens is 300 g/mol. The fourth-order valence-corrected chi connectivity index (χ4v) is 3.33. The second-order valence-electron chi connectivity index (χ2n) is 5.85. The lowest BCUT2D eigenvalue weighted by Crippen LogP contribution is -2.11. The molecule has 0 N–H and O–H groups in total. The van der Waals surface area contributed by atoms with Crippen LogP contribution < -0.4 is 0 Å². The third kappa shape index (κ3) is 2.47. The Labute approximate surface area is 141 Å². The van der Waals surface area contributed by atoms with Gasteiger partial charge in [-0.3, -0.25) is 0 Å². The molecule has 0 fully saturated rings. The lowest BCUT2D eigenvalue weighted by atomic mass is 9.90. The van der Waals surface area contributed by atoms with Crippen LogP contribution in [0.3, 0.4) is 0 Å². The molecule has 2 aliphatic rings. The Morgan fingerprint density at radius 1 is 0.958 bits per heavy atom. The third-order valence-electron chi connectivity index (χ3n) is 4.41. The maximum atomic E-state index is 12.5. The number of hydrogen-bond donors (Lipinski definition) is 0. The predicted octanol–water partition coefficient (Wildman–Crippen LogP) is 4.39. The van der Waals surface area contributed by atoms with Gasteiger partial charge in [-0.25, -0.2) is 4.79 Å². The van der Waals surface area contributed by atoms with Crippen molar-refractivity contribution >= 4 is 11.5 Å². The number of hydrogen-bond acceptors (Lipinski definition) is 3. The second-order valence-corrected chi connectivity index (χ2v) is 5.85. The van der Waals surface area contributed by atoms with Gasteiger partial charge < -0.3 is 9.47 Å². The maximum Gasteiger partial charge on any atom is 0.338 e. The molecule has 2 aromatic rings. The summed E-state index contributed by atoms with van der Waals surface area (Å²) in [6.45, 7) is 2.17. The van der Waals surface area contributed by atoms with Crippen LogP contribution in [0.25, 0.3) is 5.57 Å². The first-order valence-corrected chi connectivity index (χ1v) is 8.18. The smallest absolute Gasteiger partial charge is 0.338 e. The number of rotatable bonds is 3. The van der Waals surface area contributed by atoms with Gasteiger partial charge in [0.05, 0.1) is 12.2 Å². The van der Waals surface area contributed by atoms with Crippen LogP contribution in [0.2, 0.25) is 0 Å². The first-order chi connectivity index (χ1) is 11.8. The SMILES string of the molecule is CCOC(=O)C1=C[C@H]2O[C@@H](C=C1c1ccccc1)c1ccccc12. The van der Waals surface area contributed by atoms with E-state index >= 15 is 0 Å². The van der Waals surface area contributed by atoms with Gasteiger partial charge in [-0.2, -0.15) is 0 Å². The van der Waals surface area contributed by atoms with Crippen LogP contribution in [-0.2, 0) is 14.3 Å². The molecule has 0 radical (unpaired) electrons. The van der Waals surface area contributed by atoms with Gasteiger partial charge in [0.25, 0.3) is 0 Å². The van der Waals surface area contributed by atoms with Crippen molar-refractivity contribution in [1.82, 2.24) is 0 Å². The summed E-state index contributed by atoms with van der Waals surface area (Å²) in [5, 5.41) is 0. The fourth-order valence-electron chi connectivity index (χ4n) is 3.33. The summed E-state index contributed by atoms with van der Waals surface area (Å²) in [5.41, 5.74) is 4.72. The molecular formula is C21H18O3. The third-order valence-corrected chi connectivity index (χ3v) is 4.41. The van der Waals surface area contributed by atoms with Gasteiger partial charge in [0.1, 0.15) is 12.2 Å². The zero-order valence-corrected chi connectivity index (χ0v) is 13.4. The molecule has 3 heteroatoms. The number of carbonyl (C=O) groups is 1. The van der Waals surface area contributed by atoms with Gasteiger partial charge in [0.15, 0.2) is 0 Å². The van der Waals surface area contributed by atoms with Crippen LogP contribution in [0.5, 0.6) is 0 Å². The normalized spacial score (nSPS) is 21.4. The molecule has 0 unspecified atom stereocenters. The standard InChI is InChI=1S/C21H18O3/c1-2-23-21(22)18-13-20-16-11-7-6-10-15(16)19(24-20)12-17(18)14-8-4-3-5-9-14/h3-13,19-20H,2H2,1H3/t19-,20+/m0/s1. The van der Waals surface area contributed by atoms with Crippen molar-refractivity contribution in [3.8, 4) is 0 Å². The van der Waals surface area contributed by atoms with Gasteiger partial charge in [0.2, 0.25) is 0 Å².